The van der Waals surface area contributed by atoms with Crippen molar-refractivity contribution in [2.75, 3.05) is 39.5 Å². The van der Waals surface area contributed by atoms with Gasteiger partial charge in [-0.1, -0.05) is 6.07 Å². The highest BCUT2D eigenvalue weighted by molar-refractivity contribution is 5.79. The monoisotopic (exact) mass is 403 g/mol. The molecule has 0 bridgehead atoms. The standard InChI is InChI=1S/C19H28F3N3O3/c1-2-23-19(24-8-4-9-26-12-14-7-10-27-13-14)25-11-15-16(20)5-3-6-17(15)28-18(21)22/h3,5-6,14,18H,2,4,7-13H2,1H3,(H2,23,24,25). The van der Waals surface area contributed by atoms with Crippen LogP contribution in [-0.4, -0.2) is 52.1 Å². The number of alkyl halides is 2. The maximum absolute atomic E-state index is 14.0. The first-order chi connectivity index (χ1) is 13.6. The van der Waals surface area contributed by atoms with Crippen molar-refractivity contribution in [2.24, 2.45) is 10.9 Å². The molecule has 1 aliphatic heterocycles. The Morgan fingerprint density at radius 3 is 2.93 bits per heavy atom. The van der Waals surface area contributed by atoms with Crippen LogP contribution in [0.5, 0.6) is 5.75 Å². The van der Waals surface area contributed by atoms with Crippen LogP contribution in [0.4, 0.5) is 13.2 Å². The van der Waals surface area contributed by atoms with Crippen molar-refractivity contribution in [1.82, 2.24) is 10.6 Å². The fourth-order valence-electron chi connectivity index (χ4n) is 2.74. The number of halogens is 3. The minimum atomic E-state index is -3.02. The maximum atomic E-state index is 14.0. The first kappa shape index (κ1) is 22.3. The van der Waals surface area contributed by atoms with Gasteiger partial charge < -0.3 is 24.8 Å². The molecule has 0 amide bonds. The molecule has 158 valence electrons. The maximum Gasteiger partial charge on any atom is 0.387 e. The zero-order valence-corrected chi connectivity index (χ0v) is 16.1. The molecule has 1 aliphatic rings. The van der Waals surface area contributed by atoms with Gasteiger partial charge in [0.05, 0.1) is 25.3 Å². The summed E-state index contributed by atoms with van der Waals surface area (Å²) in [5.74, 6) is 0.108. The minimum Gasteiger partial charge on any atom is -0.434 e. The van der Waals surface area contributed by atoms with Crippen molar-refractivity contribution in [3.05, 3.63) is 29.6 Å². The van der Waals surface area contributed by atoms with E-state index in [9.17, 15) is 13.2 Å². The Hall–Kier alpha value is -2.00. The highest BCUT2D eigenvalue weighted by Crippen LogP contribution is 2.24. The molecule has 0 aromatic heterocycles. The number of hydrogen-bond donors (Lipinski definition) is 2. The second kappa shape index (κ2) is 12.5. The number of nitrogens with one attached hydrogen (secondary N) is 2. The van der Waals surface area contributed by atoms with E-state index in [2.05, 4.69) is 20.4 Å². The number of nitrogens with zero attached hydrogens (tertiary/aromatic N) is 1. The van der Waals surface area contributed by atoms with E-state index in [-0.39, 0.29) is 17.9 Å². The molecular formula is C19H28F3N3O3. The molecule has 1 saturated heterocycles. The van der Waals surface area contributed by atoms with Crippen LogP contribution in [0.15, 0.2) is 23.2 Å². The molecule has 0 radical (unpaired) electrons. The van der Waals surface area contributed by atoms with E-state index in [0.29, 0.717) is 38.2 Å². The van der Waals surface area contributed by atoms with E-state index in [1.165, 1.54) is 18.2 Å². The van der Waals surface area contributed by atoms with Crippen LogP contribution in [-0.2, 0) is 16.0 Å². The van der Waals surface area contributed by atoms with Crippen molar-refractivity contribution in [3.63, 3.8) is 0 Å². The van der Waals surface area contributed by atoms with Crippen LogP contribution in [0.3, 0.4) is 0 Å². The molecule has 1 aromatic carbocycles. The third-order valence-electron chi connectivity index (χ3n) is 4.17. The molecule has 1 aromatic rings. The summed E-state index contributed by atoms with van der Waals surface area (Å²) in [4.78, 5) is 4.27. The molecule has 0 aliphatic carbocycles. The van der Waals surface area contributed by atoms with Gasteiger partial charge in [0.15, 0.2) is 5.96 Å². The van der Waals surface area contributed by atoms with Gasteiger partial charge in [-0.05, 0) is 31.9 Å². The fraction of sp³-hybridized carbons (Fsp3) is 0.632. The van der Waals surface area contributed by atoms with Gasteiger partial charge in [0.1, 0.15) is 11.6 Å². The lowest BCUT2D eigenvalue weighted by molar-refractivity contribution is -0.0506. The summed E-state index contributed by atoms with van der Waals surface area (Å²) < 4.78 is 54.3. The van der Waals surface area contributed by atoms with Crippen LogP contribution in [0.25, 0.3) is 0 Å². The average Bonchev–Trinajstić information content (AvgIpc) is 3.17. The lowest BCUT2D eigenvalue weighted by Gasteiger charge is -2.13. The van der Waals surface area contributed by atoms with Crippen LogP contribution in [0.1, 0.15) is 25.3 Å². The van der Waals surface area contributed by atoms with Gasteiger partial charge in [-0.25, -0.2) is 9.38 Å². The Labute approximate surface area is 163 Å². The Bertz CT molecular complexity index is 611. The number of benzene rings is 1. The second-order valence-corrected chi connectivity index (χ2v) is 6.38. The van der Waals surface area contributed by atoms with Gasteiger partial charge in [0.25, 0.3) is 0 Å². The average molecular weight is 403 g/mol. The Morgan fingerprint density at radius 1 is 1.36 bits per heavy atom. The highest BCUT2D eigenvalue weighted by Gasteiger charge is 2.15. The van der Waals surface area contributed by atoms with Crippen molar-refractivity contribution >= 4 is 5.96 Å². The summed E-state index contributed by atoms with van der Waals surface area (Å²) in [5.41, 5.74) is -0.0119. The molecule has 2 rings (SSSR count). The molecule has 1 unspecified atom stereocenters. The molecule has 1 fully saturated rings. The van der Waals surface area contributed by atoms with Gasteiger partial charge in [-0.3, -0.25) is 0 Å². The van der Waals surface area contributed by atoms with E-state index in [0.717, 1.165) is 26.1 Å². The predicted molar refractivity (Wildman–Crippen MR) is 100 cm³/mol. The van der Waals surface area contributed by atoms with Crippen molar-refractivity contribution in [3.8, 4) is 5.75 Å². The summed E-state index contributed by atoms with van der Waals surface area (Å²) in [6.07, 6.45) is 1.82. The zero-order valence-electron chi connectivity index (χ0n) is 16.1. The SMILES string of the molecule is CCNC(=NCc1c(F)cccc1OC(F)F)NCCCOCC1CCOC1. The smallest absolute Gasteiger partial charge is 0.387 e. The third-order valence-corrected chi connectivity index (χ3v) is 4.17. The van der Waals surface area contributed by atoms with Gasteiger partial charge in [0.2, 0.25) is 0 Å². The van der Waals surface area contributed by atoms with Crippen LogP contribution < -0.4 is 15.4 Å². The summed E-state index contributed by atoms with van der Waals surface area (Å²) in [5, 5.41) is 6.16. The van der Waals surface area contributed by atoms with E-state index in [1.807, 2.05) is 6.92 Å². The van der Waals surface area contributed by atoms with Crippen molar-refractivity contribution in [2.45, 2.75) is 32.9 Å². The highest BCUT2D eigenvalue weighted by atomic mass is 19.3. The molecule has 0 saturated carbocycles. The third kappa shape index (κ3) is 7.93. The Kier molecular flexibility index (Phi) is 9.92. The quantitative estimate of drug-likeness (QED) is 0.338. The molecule has 1 heterocycles. The van der Waals surface area contributed by atoms with Crippen LogP contribution in [0, 0.1) is 11.7 Å². The first-order valence-electron chi connectivity index (χ1n) is 9.50. The van der Waals surface area contributed by atoms with E-state index in [4.69, 9.17) is 9.47 Å². The topological polar surface area (TPSA) is 64.1 Å². The second-order valence-electron chi connectivity index (χ2n) is 6.38. The number of hydrogen-bond acceptors (Lipinski definition) is 4. The van der Waals surface area contributed by atoms with Gasteiger partial charge in [-0.2, -0.15) is 8.78 Å². The number of rotatable bonds is 11. The summed E-state index contributed by atoms with van der Waals surface area (Å²) in [6, 6.07) is 3.81. The van der Waals surface area contributed by atoms with Crippen molar-refractivity contribution in [1.29, 1.82) is 0 Å². The normalized spacial score (nSPS) is 17.2. The van der Waals surface area contributed by atoms with Crippen LogP contribution in [0.2, 0.25) is 0 Å². The largest absolute Gasteiger partial charge is 0.434 e. The molecule has 9 heteroatoms. The predicted octanol–water partition coefficient (Wildman–Crippen LogP) is 2.93. The summed E-state index contributed by atoms with van der Waals surface area (Å²) >= 11 is 0. The fourth-order valence-corrected chi connectivity index (χ4v) is 2.74. The summed E-state index contributed by atoms with van der Waals surface area (Å²) in [6.45, 7) is 2.88. The summed E-state index contributed by atoms with van der Waals surface area (Å²) in [7, 11) is 0. The van der Waals surface area contributed by atoms with E-state index >= 15 is 0 Å². The first-order valence-corrected chi connectivity index (χ1v) is 9.50. The molecular weight excluding hydrogens is 375 g/mol. The lowest BCUT2D eigenvalue weighted by atomic mass is 10.1. The van der Waals surface area contributed by atoms with Gasteiger partial charge in [0, 0.05) is 32.2 Å². The minimum absolute atomic E-state index is 0.0119. The molecule has 2 N–H and O–H groups in total. The van der Waals surface area contributed by atoms with Crippen LogP contribution >= 0.6 is 0 Å². The Morgan fingerprint density at radius 2 is 2.21 bits per heavy atom. The van der Waals surface area contributed by atoms with Crippen molar-refractivity contribution < 1.29 is 27.4 Å². The molecule has 0 spiro atoms. The molecule has 28 heavy (non-hydrogen) atoms. The van der Waals surface area contributed by atoms with Gasteiger partial charge >= 0.3 is 6.61 Å². The number of guanidine groups is 1. The lowest BCUT2D eigenvalue weighted by Crippen LogP contribution is -2.38. The Balaban J connectivity index is 1.79. The zero-order chi connectivity index (χ0) is 20.2. The van der Waals surface area contributed by atoms with E-state index < -0.39 is 12.4 Å². The van der Waals surface area contributed by atoms with Gasteiger partial charge in [-0.15, -0.1) is 0 Å². The van der Waals surface area contributed by atoms with E-state index in [1.54, 1.807) is 0 Å². The molecule has 6 nitrogen and oxygen atoms in total. The molecule has 1 atom stereocenters. The number of aliphatic imine (C=N–C) groups is 1. The number of ether oxygens (including phenoxy) is 3.